The van der Waals surface area contributed by atoms with Crippen molar-refractivity contribution in [1.82, 2.24) is 25.1 Å². The summed E-state index contributed by atoms with van der Waals surface area (Å²) in [4.78, 5) is 59.4. The Labute approximate surface area is 346 Å². The van der Waals surface area contributed by atoms with Crippen molar-refractivity contribution in [2.45, 2.75) is 90.3 Å². The molecule has 312 valence electrons. The van der Waals surface area contributed by atoms with Gasteiger partial charge in [0.05, 0.1) is 37.7 Å². The lowest BCUT2D eigenvalue weighted by atomic mass is 10.1. The molecule has 2 aromatic heterocycles. The highest BCUT2D eigenvalue weighted by Gasteiger charge is 2.41. The van der Waals surface area contributed by atoms with Crippen LogP contribution in [-0.2, 0) is 20.9 Å². The number of H-pyrrole nitrogens is 1. The van der Waals surface area contributed by atoms with Crippen molar-refractivity contribution in [3.05, 3.63) is 101 Å². The van der Waals surface area contributed by atoms with E-state index in [2.05, 4.69) is 47.0 Å². The molecular weight excluding hydrogens is 755 g/mol. The summed E-state index contributed by atoms with van der Waals surface area (Å²) in [7, 11) is 3.25. The molecule has 3 heterocycles. The number of aromatic amines is 1. The molecule has 4 aromatic rings. The van der Waals surface area contributed by atoms with Gasteiger partial charge in [-0.05, 0) is 87.1 Å². The van der Waals surface area contributed by atoms with Crippen LogP contribution in [0.5, 0.6) is 11.5 Å². The molecule has 3 amide bonds. The number of ether oxygens (including phenoxy) is 3. The minimum Gasteiger partial charge on any atom is -0.497 e. The van der Waals surface area contributed by atoms with Gasteiger partial charge in [0.15, 0.2) is 5.43 Å². The van der Waals surface area contributed by atoms with Gasteiger partial charge < -0.3 is 34.3 Å². The highest BCUT2D eigenvalue weighted by Crippen LogP contribution is 2.32. The molecular formula is C45H59N5O7S. The van der Waals surface area contributed by atoms with Crippen molar-refractivity contribution in [2.75, 3.05) is 33.9 Å². The standard InChI is InChI=1S/C26H37N3O3.C16H16N2O2S.C3H6O2/c1-4-6-7-8-9-16-28(19-20-12-14-22(32-3)15-13-20)26(31)29-17-10-11-24(29)25(30)27-23-18-21(23)5-2;1-9(2)14-8-21-16(18-14)13-7-15(19)11-5-4-10(20-3)6-12(11)17-13;1-2-5-3-4/h4-5,12-15,21,23-24H,1-2,6-11,16-19H2,3H3,(H,27,30);4-9H,1-3H3,(H,17,19);3H,2H2,1H3/t21-,23-,24+;;/m1../s1. The Morgan fingerprint density at radius 1 is 1.07 bits per heavy atom. The Morgan fingerprint density at radius 2 is 1.81 bits per heavy atom. The number of hydrogen-bond donors (Lipinski definition) is 2. The number of nitrogens with zero attached hydrogens (tertiary/aromatic N) is 3. The van der Waals surface area contributed by atoms with Gasteiger partial charge >= 0.3 is 6.03 Å². The average Bonchev–Trinajstić information content (AvgIpc) is 3.55. The van der Waals surface area contributed by atoms with E-state index in [4.69, 9.17) is 9.47 Å². The van der Waals surface area contributed by atoms with Crippen LogP contribution in [0.15, 0.2) is 84.0 Å². The van der Waals surface area contributed by atoms with Gasteiger partial charge in [-0.15, -0.1) is 24.5 Å². The highest BCUT2D eigenvalue weighted by molar-refractivity contribution is 7.13. The van der Waals surface area contributed by atoms with Crippen molar-refractivity contribution in [1.29, 1.82) is 0 Å². The number of unbranched alkanes of at least 4 members (excludes halogenated alkanes) is 3. The molecule has 6 rings (SSSR count). The minimum atomic E-state index is -0.382. The van der Waals surface area contributed by atoms with E-state index in [-0.39, 0.29) is 29.5 Å². The van der Waals surface area contributed by atoms with Crippen LogP contribution in [0.25, 0.3) is 21.6 Å². The summed E-state index contributed by atoms with van der Waals surface area (Å²) in [5.41, 5.74) is 3.59. The number of pyridine rings is 1. The molecule has 1 aliphatic heterocycles. The first kappa shape index (κ1) is 45.3. The van der Waals surface area contributed by atoms with Crippen molar-refractivity contribution < 1.29 is 28.6 Å². The second-order valence-electron chi connectivity index (χ2n) is 14.5. The number of hydrogen-bond acceptors (Lipinski definition) is 9. The topological polar surface area (TPSA) is 143 Å². The summed E-state index contributed by atoms with van der Waals surface area (Å²) < 4.78 is 14.6. The maximum absolute atomic E-state index is 13.5. The van der Waals surface area contributed by atoms with Gasteiger partial charge in [0.25, 0.3) is 6.47 Å². The van der Waals surface area contributed by atoms with Crippen LogP contribution in [0.4, 0.5) is 4.79 Å². The number of carbonyl (C=O) groups excluding carboxylic acids is 3. The first-order valence-corrected chi connectivity index (χ1v) is 20.9. The third-order valence-corrected chi connectivity index (χ3v) is 10.9. The summed E-state index contributed by atoms with van der Waals surface area (Å²) >= 11 is 1.55. The van der Waals surface area contributed by atoms with Gasteiger partial charge in [-0.25, -0.2) is 9.78 Å². The number of fused-ring (bicyclic) bond motifs is 1. The second-order valence-corrected chi connectivity index (χ2v) is 15.4. The van der Waals surface area contributed by atoms with Gasteiger partial charge in [0, 0.05) is 48.6 Å². The van der Waals surface area contributed by atoms with E-state index >= 15 is 0 Å². The molecule has 2 fully saturated rings. The van der Waals surface area contributed by atoms with Crippen LogP contribution in [-0.4, -0.2) is 84.2 Å². The molecule has 0 spiro atoms. The van der Waals surface area contributed by atoms with E-state index in [1.54, 1.807) is 55.6 Å². The van der Waals surface area contributed by atoms with Crippen LogP contribution in [0.1, 0.15) is 82.9 Å². The minimum absolute atomic E-state index is 0.0114. The second kappa shape index (κ2) is 23.1. The van der Waals surface area contributed by atoms with Crippen molar-refractivity contribution in [2.24, 2.45) is 5.92 Å². The molecule has 1 aliphatic carbocycles. The van der Waals surface area contributed by atoms with Crippen LogP contribution in [0, 0.1) is 5.92 Å². The molecule has 0 unspecified atom stereocenters. The summed E-state index contributed by atoms with van der Waals surface area (Å²) in [6.07, 6.45) is 10.4. The van der Waals surface area contributed by atoms with Crippen LogP contribution >= 0.6 is 11.3 Å². The molecule has 0 radical (unpaired) electrons. The number of urea groups is 1. The summed E-state index contributed by atoms with van der Waals surface area (Å²) in [6.45, 7) is 16.3. The summed E-state index contributed by atoms with van der Waals surface area (Å²) in [5, 5.41) is 6.63. The third kappa shape index (κ3) is 13.1. The lowest BCUT2D eigenvalue weighted by molar-refractivity contribution is -0.128. The van der Waals surface area contributed by atoms with Gasteiger partial charge in [-0.3, -0.25) is 14.4 Å². The molecule has 58 heavy (non-hydrogen) atoms. The number of rotatable bonds is 17. The zero-order chi connectivity index (χ0) is 42.0. The Hall–Kier alpha value is -5.43. The van der Waals surface area contributed by atoms with E-state index in [0.29, 0.717) is 49.9 Å². The lowest BCUT2D eigenvalue weighted by Crippen LogP contribution is -2.51. The van der Waals surface area contributed by atoms with E-state index in [1.807, 2.05) is 52.8 Å². The predicted octanol–water partition coefficient (Wildman–Crippen LogP) is 8.48. The first-order chi connectivity index (χ1) is 28.1. The Morgan fingerprint density at radius 3 is 2.41 bits per heavy atom. The maximum atomic E-state index is 13.5. The number of thiazole rings is 1. The fourth-order valence-electron chi connectivity index (χ4n) is 6.55. The molecule has 13 heteroatoms. The van der Waals surface area contributed by atoms with Gasteiger partial charge in [-0.2, -0.15) is 0 Å². The SMILES string of the molecule is C=CCCCCCN(Cc1ccc(OC)cc1)C(=O)N1CCC[C@H]1C(=O)N[C@@H]1C[C@H]1C=C.CCOC=O.COc1ccc2c(=O)cc(-c3nc(C(C)C)cs3)[nH]c2c1. The Kier molecular flexibility index (Phi) is 18.0. The number of carbonyl (C=O) groups is 3. The van der Waals surface area contributed by atoms with E-state index in [9.17, 15) is 19.2 Å². The monoisotopic (exact) mass is 813 g/mol. The maximum Gasteiger partial charge on any atom is 0.320 e. The quantitative estimate of drug-likeness (QED) is 0.0614. The molecule has 1 saturated carbocycles. The Bertz CT molecular complexity index is 2010. The zero-order valence-electron chi connectivity index (χ0n) is 34.5. The van der Waals surface area contributed by atoms with E-state index in [0.717, 1.165) is 83.9 Å². The number of aromatic nitrogens is 2. The molecule has 2 aliphatic rings. The third-order valence-electron chi connectivity index (χ3n) is 10.0. The van der Waals surface area contributed by atoms with E-state index in [1.165, 1.54) is 0 Å². The van der Waals surface area contributed by atoms with Gasteiger partial charge in [0.2, 0.25) is 5.91 Å². The molecule has 3 atom stereocenters. The number of allylic oxidation sites excluding steroid dienone is 1. The van der Waals surface area contributed by atoms with Crippen LogP contribution in [0.3, 0.4) is 0 Å². The number of amides is 3. The largest absolute Gasteiger partial charge is 0.497 e. The van der Waals surface area contributed by atoms with Gasteiger partial charge in [0.1, 0.15) is 22.5 Å². The van der Waals surface area contributed by atoms with Crippen LogP contribution < -0.4 is 20.2 Å². The molecule has 0 bridgehead atoms. The number of methoxy groups -OCH3 is 2. The molecule has 12 nitrogen and oxygen atoms in total. The van der Waals surface area contributed by atoms with Crippen molar-refractivity contribution >= 4 is 40.7 Å². The summed E-state index contributed by atoms with van der Waals surface area (Å²) in [6, 6.07) is 14.6. The van der Waals surface area contributed by atoms with Crippen molar-refractivity contribution in [3.63, 3.8) is 0 Å². The zero-order valence-corrected chi connectivity index (χ0v) is 35.4. The number of likely N-dealkylation sites (tertiary alicyclic amines) is 1. The fourth-order valence-corrected chi connectivity index (χ4v) is 7.50. The van der Waals surface area contributed by atoms with Crippen LogP contribution in [0.2, 0.25) is 0 Å². The van der Waals surface area contributed by atoms with Crippen molar-refractivity contribution in [3.8, 4) is 22.2 Å². The molecule has 1 saturated heterocycles. The van der Waals surface area contributed by atoms with E-state index < -0.39 is 0 Å². The Balaban J connectivity index is 0.000000245. The predicted molar refractivity (Wildman–Crippen MR) is 231 cm³/mol. The molecule has 2 N–H and O–H groups in total. The normalized spacial score (nSPS) is 16.6. The fraction of sp³-hybridized carbons (Fsp3) is 0.444. The highest BCUT2D eigenvalue weighted by atomic mass is 32.1. The molecule has 2 aromatic carbocycles. The number of benzene rings is 2. The summed E-state index contributed by atoms with van der Waals surface area (Å²) in [5.74, 6) is 2.23. The smallest absolute Gasteiger partial charge is 0.320 e. The van der Waals surface area contributed by atoms with Gasteiger partial charge in [-0.1, -0.05) is 44.6 Å². The average molecular weight is 814 g/mol. The first-order valence-electron chi connectivity index (χ1n) is 20.0. The lowest BCUT2D eigenvalue weighted by Gasteiger charge is -2.31. The number of nitrogens with one attached hydrogen (secondary N) is 2.